The first-order chi connectivity index (χ1) is 9.54. The summed E-state index contributed by atoms with van der Waals surface area (Å²) in [4.78, 5) is 14.2. The molecule has 1 aliphatic rings. The fraction of sp³-hybridized carbons (Fsp3) is 0.400. The Hall–Kier alpha value is -1.33. The van der Waals surface area contributed by atoms with Crippen molar-refractivity contribution in [3.63, 3.8) is 0 Å². The average Bonchev–Trinajstić information content (AvgIpc) is 3.03. The van der Waals surface area contributed by atoms with Gasteiger partial charge in [0.25, 0.3) is 5.91 Å². The van der Waals surface area contributed by atoms with Crippen LogP contribution in [0.15, 0.2) is 33.2 Å². The molecule has 5 heteroatoms. The maximum absolute atomic E-state index is 12.4. The molecule has 2 aromatic rings. The zero-order valence-electron chi connectivity index (χ0n) is 11.2. The zero-order chi connectivity index (χ0) is 14.3. The van der Waals surface area contributed by atoms with Gasteiger partial charge in [0, 0.05) is 28.9 Å². The average molecular weight is 338 g/mol. The van der Waals surface area contributed by atoms with E-state index in [1.54, 1.807) is 17.9 Å². The Kier molecular flexibility index (Phi) is 3.56. The summed E-state index contributed by atoms with van der Waals surface area (Å²) in [6.07, 6.45) is 0.467. The molecule has 0 spiro atoms. The Bertz CT molecular complexity index is 650. The highest BCUT2D eigenvalue weighted by Gasteiger charge is 2.30. The maximum Gasteiger partial charge on any atom is 0.289 e. The van der Waals surface area contributed by atoms with Crippen molar-refractivity contribution in [1.82, 2.24) is 4.90 Å². The molecule has 2 unspecified atom stereocenters. The third kappa shape index (κ3) is 2.47. The van der Waals surface area contributed by atoms with Gasteiger partial charge in [-0.25, -0.2) is 0 Å². The molecule has 2 atom stereocenters. The van der Waals surface area contributed by atoms with E-state index in [4.69, 9.17) is 4.42 Å². The minimum atomic E-state index is -0.376. The third-order valence-corrected chi connectivity index (χ3v) is 4.38. The van der Waals surface area contributed by atoms with Crippen LogP contribution in [-0.4, -0.2) is 35.1 Å². The number of rotatable bonds is 2. The highest BCUT2D eigenvalue weighted by atomic mass is 79.9. The number of carbonyl (C=O) groups excluding carboxylic acids is 1. The molecule has 0 saturated carbocycles. The van der Waals surface area contributed by atoms with Crippen LogP contribution in [0.1, 0.15) is 23.9 Å². The first-order valence-electron chi connectivity index (χ1n) is 6.71. The van der Waals surface area contributed by atoms with Gasteiger partial charge in [0.1, 0.15) is 5.58 Å². The van der Waals surface area contributed by atoms with Crippen LogP contribution in [0.25, 0.3) is 11.0 Å². The fourth-order valence-electron chi connectivity index (χ4n) is 2.64. The van der Waals surface area contributed by atoms with E-state index in [2.05, 4.69) is 15.9 Å². The third-order valence-electron chi connectivity index (χ3n) is 3.88. The lowest BCUT2D eigenvalue weighted by atomic mass is 10.0. The molecule has 2 heterocycles. The normalized spacial score (nSPS) is 20.6. The van der Waals surface area contributed by atoms with Crippen LogP contribution < -0.4 is 0 Å². The van der Waals surface area contributed by atoms with Gasteiger partial charge >= 0.3 is 0 Å². The number of benzene rings is 1. The molecule has 0 aliphatic carbocycles. The summed E-state index contributed by atoms with van der Waals surface area (Å²) >= 11 is 3.40. The van der Waals surface area contributed by atoms with Crippen LogP contribution in [0.2, 0.25) is 0 Å². The summed E-state index contributed by atoms with van der Waals surface area (Å²) in [6.45, 7) is 3.05. The number of carbonyl (C=O) groups is 1. The summed E-state index contributed by atoms with van der Waals surface area (Å²) in [6, 6.07) is 7.44. The number of fused-ring (bicyclic) bond motifs is 1. The number of nitrogens with zero attached hydrogens (tertiary/aromatic N) is 1. The lowest BCUT2D eigenvalue weighted by Gasteiger charge is -2.16. The molecule has 0 bridgehead atoms. The number of aliphatic hydroxyl groups excluding tert-OH is 1. The molecule has 20 heavy (non-hydrogen) atoms. The largest absolute Gasteiger partial charge is 0.451 e. The van der Waals surface area contributed by atoms with E-state index < -0.39 is 0 Å². The molecule has 0 radical (unpaired) electrons. The quantitative estimate of drug-likeness (QED) is 0.916. The number of furan rings is 1. The van der Waals surface area contributed by atoms with Crippen molar-refractivity contribution >= 4 is 32.8 Å². The molecular weight excluding hydrogens is 322 g/mol. The van der Waals surface area contributed by atoms with Gasteiger partial charge in [-0.3, -0.25) is 4.79 Å². The van der Waals surface area contributed by atoms with Crippen molar-refractivity contribution in [2.75, 3.05) is 13.1 Å². The van der Waals surface area contributed by atoms with Crippen LogP contribution in [0.3, 0.4) is 0 Å². The van der Waals surface area contributed by atoms with Gasteiger partial charge < -0.3 is 14.4 Å². The molecule has 3 rings (SSSR count). The van der Waals surface area contributed by atoms with Crippen molar-refractivity contribution in [3.8, 4) is 0 Å². The van der Waals surface area contributed by atoms with Crippen molar-refractivity contribution < 1.29 is 14.3 Å². The molecule has 1 aromatic heterocycles. The van der Waals surface area contributed by atoms with Gasteiger partial charge in [-0.15, -0.1) is 0 Å². The van der Waals surface area contributed by atoms with E-state index in [0.717, 1.165) is 16.3 Å². The molecule has 1 amide bonds. The molecule has 1 N–H and O–H groups in total. The Morgan fingerprint density at radius 1 is 1.50 bits per heavy atom. The number of halogens is 1. The lowest BCUT2D eigenvalue weighted by Crippen LogP contribution is -2.30. The van der Waals surface area contributed by atoms with Crippen LogP contribution in [0.5, 0.6) is 0 Å². The summed E-state index contributed by atoms with van der Waals surface area (Å²) in [5.74, 6) is 0.433. The summed E-state index contributed by atoms with van der Waals surface area (Å²) in [5, 5.41) is 10.5. The van der Waals surface area contributed by atoms with E-state index in [1.807, 2.05) is 18.2 Å². The Balaban J connectivity index is 1.82. The Morgan fingerprint density at radius 2 is 2.30 bits per heavy atom. The summed E-state index contributed by atoms with van der Waals surface area (Å²) in [5.41, 5.74) is 0.711. The molecule has 1 saturated heterocycles. The van der Waals surface area contributed by atoms with Crippen LogP contribution in [0, 0.1) is 5.92 Å². The smallest absolute Gasteiger partial charge is 0.289 e. The van der Waals surface area contributed by atoms with E-state index in [1.165, 1.54) is 0 Å². The number of hydrogen-bond acceptors (Lipinski definition) is 3. The van der Waals surface area contributed by atoms with Gasteiger partial charge in [0.15, 0.2) is 5.76 Å². The fourth-order valence-corrected chi connectivity index (χ4v) is 3.02. The first kappa shape index (κ1) is 13.6. The topological polar surface area (TPSA) is 53.7 Å². The Morgan fingerprint density at radius 3 is 3.00 bits per heavy atom. The second kappa shape index (κ2) is 5.22. The second-order valence-corrected chi connectivity index (χ2v) is 6.25. The lowest BCUT2D eigenvalue weighted by molar-refractivity contribution is 0.0734. The molecule has 1 aromatic carbocycles. The minimum absolute atomic E-state index is 0.0968. The first-order valence-corrected chi connectivity index (χ1v) is 7.50. The minimum Gasteiger partial charge on any atom is -0.451 e. The number of amides is 1. The predicted molar refractivity (Wildman–Crippen MR) is 79.6 cm³/mol. The Labute approximate surface area is 125 Å². The second-order valence-electron chi connectivity index (χ2n) is 5.33. The van der Waals surface area contributed by atoms with Gasteiger partial charge in [0.2, 0.25) is 0 Å². The van der Waals surface area contributed by atoms with Crippen LogP contribution in [0.4, 0.5) is 0 Å². The van der Waals surface area contributed by atoms with E-state index in [0.29, 0.717) is 24.4 Å². The van der Waals surface area contributed by atoms with Gasteiger partial charge in [-0.05, 0) is 37.6 Å². The van der Waals surface area contributed by atoms with Crippen molar-refractivity contribution in [2.45, 2.75) is 19.4 Å². The molecule has 4 nitrogen and oxygen atoms in total. The summed E-state index contributed by atoms with van der Waals surface area (Å²) < 4.78 is 6.58. The van der Waals surface area contributed by atoms with E-state index in [9.17, 15) is 9.90 Å². The van der Waals surface area contributed by atoms with E-state index in [-0.39, 0.29) is 17.9 Å². The highest BCUT2D eigenvalue weighted by molar-refractivity contribution is 9.10. The van der Waals surface area contributed by atoms with Crippen LogP contribution >= 0.6 is 15.9 Å². The van der Waals surface area contributed by atoms with Crippen molar-refractivity contribution in [3.05, 3.63) is 34.5 Å². The van der Waals surface area contributed by atoms with Gasteiger partial charge in [-0.1, -0.05) is 15.9 Å². The van der Waals surface area contributed by atoms with Gasteiger partial charge in [-0.2, -0.15) is 0 Å². The maximum atomic E-state index is 12.4. The SMILES string of the molecule is CC(O)C1CCN(C(=O)c2cc3cc(Br)ccc3o2)C1. The highest BCUT2D eigenvalue weighted by Crippen LogP contribution is 2.26. The monoisotopic (exact) mass is 337 g/mol. The summed E-state index contributed by atoms with van der Waals surface area (Å²) in [7, 11) is 0. The molecular formula is C15H16BrNO3. The zero-order valence-corrected chi connectivity index (χ0v) is 12.8. The van der Waals surface area contributed by atoms with Gasteiger partial charge in [0.05, 0.1) is 6.10 Å². The number of aliphatic hydroxyl groups is 1. The predicted octanol–water partition coefficient (Wildman–Crippen LogP) is 3.04. The molecule has 1 fully saturated rings. The number of likely N-dealkylation sites (tertiary alicyclic amines) is 1. The standard InChI is InChI=1S/C15H16BrNO3/c1-9(18)10-4-5-17(8-10)15(19)14-7-11-6-12(16)2-3-13(11)20-14/h2-3,6-7,9-10,18H,4-5,8H2,1H3. The number of hydrogen-bond donors (Lipinski definition) is 1. The van der Waals surface area contributed by atoms with Crippen molar-refractivity contribution in [1.29, 1.82) is 0 Å². The van der Waals surface area contributed by atoms with Crippen LogP contribution in [-0.2, 0) is 0 Å². The van der Waals surface area contributed by atoms with E-state index >= 15 is 0 Å². The molecule has 1 aliphatic heterocycles. The molecule has 106 valence electrons. The van der Waals surface area contributed by atoms with Crippen molar-refractivity contribution in [2.24, 2.45) is 5.92 Å².